The average Bonchev–Trinajstić information content (AvgIpc) is 3.05. The van der Waals surface area contributed by atoms with E-state index in [2.05, 4.69) is 15.5 Å². The van der Waals surface area contributed by atoms with Gasteiger partial charge < -0.3 is 34.3 Å². The molecule has 2 bridgehead atoms. The van der Waals surface area contributed by atoms with Gasteiger partial charge in [0.2, 0.25) is 0 Å². The van der Waals surface area contributed by atoms with Crippen molar-refractivity contribution in [2.24, 2.45) is 5.92 Å². The molecule has 4 heterocycles. The Kier molecular flexibility index (Phi) is 7.17. The van der Waals surface area contributed by atoms with Crippen LogP contribution >= 0.6 is 0 Å². The van der Waals surface area contributed by atoms with Crippen molar-refractivity contribution in [3.05, 3.63) is 106 Å². The summed E-state index contributed by atoms with van der Waals surface area (Å²) >= 11 is 0. The number of aromatic nitrogens is 1. The molecule has 4 aromatic rings. The third-order valence-corrected chi connectivity index (χ3v) is 8.48. The van der Waals surface area contributed by atoms with E-state index in [9.17, 15) is 14.4 Å². The predicted octanol–water partition coefficient (Wildman–Crippen LogP) is 4.76. The van der Waals surface area contributed by atoms with E-state index >= 15 is 0 Å². The summed E-state index contributed by atoms with van der Waals surface area (Å²) in [5.41, 5.74) is 3.86. The van der Waals surface area contributed by atoms with Gasteiger partial charge in [0.25, 0.3) is 17.4 Å². The van der Waals surface area contributed by atoms with Crippen LogP contribution in [0.25, 0.3) is 0 Å². The lowest BCUT2D eigenvalue weighted by Gasteiger charge is -2.44. The van der Waals surface area contributed by atoms with Crippen LogP contribution in [-0.4, -0.2) is 49.8 Å². The molecule has 3 aliphatic rings. The zero-order valence-corrected chi connectivity index (χ0v) is 24.2. The van der Waals surface area contributed by atoms with Crippen molar-refractivity contribution in [2.75, 3.05) is 48.9 Å². The lowest BCUT2D eigenvalue weighted by molar-refractivity contribution is 0.101. The van der Waals surface area contributed by atoms with Gasteiger partial charge in [-0.05, 0) is 73.0 Å². The van der Waals surface area contributed by atoms with Crippen molar-refractivity contribution in [3.63, 3.8) is 0 Å². The van der Waals surface area contributed by atoms with Gasteiger partial charge in [0.05, 0.1) is 18.5 Å². The quantitative estimate of drug-likeness (QED) is 0.332. The van der Waals surface area contributed by atoms with Crippen molar-refractivity contribution >= 4 is 28.9 Å². The summed E-state index contributed by atoms with van der Waals surface area (Å²) in [6.07, 6.45) is 1.00. The first-order valence-electron chi connectivity index (χ1n) is 14.7. The number of amides is 2. The Morgan fingerprint density at radius 1 is 0.818 bits per heavy atom. The molecule has 7 rings (SSSR count). The highest BCUT2D eigenvalue weighted by molar-refractivity contribution is 6.09. The fraction of sp³-hybridized carbons (Fsp3) is 0.265. The number of anilines is 3. The third kappa shape index (κ3) is 5.34. The molecule has 2 amide bonds. The number of rotatable bonds is 6. The van der Waals surface area contributed by atoms with E-state index in [1.165, 1.54) is 0 Å². The highest BCUT2D eigenvalue weighted by atomic mass is 16.6. The van der Waals surface area contributed by atoms with Crippen molar-refractivity contribution in [3.8, 4) is 17.2 Å². The summed E-state index contributed by atoms with van der Waals surface area (Å²) in [5.74, 6) is 1.71. The summed E-state index contributed by atoms with van der Waals surface area (Å²) < 4.78 is 18.4. The molecule has 1 fully saturated rings. The number of ether oxygens (including phenoxy) is 3. The Balaban J connectivity index is 1.19. The number of nitrogens with one attached hydrogen (secondary N) is 2. The van der Waals surface area contributed by atoms with Gasteiger partial charge in [0, 0.05) is 60.2 Å². The molecule has 1 aromatic heterocycles. The van der Waals surface area contributed by atoms with Crippen LogP contribution in [0.3, 0.4) is 0 Å². The van der Waals surface area contributed by atoms with Gasteiger partial charge in [-0.15, -0.1) is 0 Å². The van der Waals surface area contributed by atoms with E-state index in [-0.39, 0.29) is 29.2 Å². The molecule has 0 radical (unpaired) electrons. The fourth-order valence-corrected chi connectivity index (χ4v) is 6.41. The Labute approximate surface area is 254 Å². The normalized spacial score (nSPS) is 18.2. The number of benzene rings is 3. The van der Waals surface area contributed by atoms with Crippen molar-refractivity contribution in [1.82, 2.24) is 4.57 Å². The Morgan fingerprint density at radius 2 is 1.59 bits per heavy atom. The molecule has 10 heteroatoms. The molecule has 10 nitrogen and oxygen atoms in total. The van der Waals surface area contributed by atoms with Gasteiger partial charge >= 0.3 is 0 Å². The van der Waals surface area contributed by atoms with Gasteiger partial charge in [-0.3, -0.25) is 14.4 Å². The van der Waals surface area contributed by atoms with Crippen molar-refractivity contribution in [2.45, 2.75) is 18.9 Å². The molecule has 44 heavy (non-hydrogen) atoms. The number of carbonyl (C=O) groups excluding carboxylic acids is 2. The summed E-state index contributed by atoms with van der Waals surface area (Å²) in [7, 11) is 1.58. The first-order chi connectivity index (χ1) is 21.4. The molecule has 3 aromatic carbocycles. The summed E-state index contributed by atoms with van der Waals surface area (Å²) in [4.78, 5) is 41.6. The maximum Gasteiger partial charge on any atom is 0.255 e. The average molecular weight is 593 g/mol. The number of piperidine rings is 1. The highest BCUT2D eigenvalue weighted by Gasteiger charge is 2.35. The standard InChI is InChI=1S/C34H32N4O6/c1-42-26-9-5-22(6-10-26)33(40)36-27-16-23(34(41)35-25-8-12-30-31(17-25)44-14-13-43-30)7-11-29(27)37-18-21-15-24(20-37)28-3-2-4-32(39)38(28)19-21/h2-12,16-17,21,24H,13-15,18-20H2,1H3,(H,35,41)(H,36,40). The maximum atomic E-state index is 13.4. The predicted molar refractivity (Wildman–Crippen MR) is 167 cm³/mol. The van der Waals surface area contributed by atoms with E-state index in [0.29, 0.717) is 66.1 Å². The van der Waals surface area contributed by atoms with E-state index in [1.54, 1.807) is 67.8 Å². The van der Waals surface area contributed by atoms with Crippen LogP contribution in [0.5, 0.6) is 17.2 Å². The van der Waals surface area contributed by atoms with Gasteiger partial charge in [0.1, 0.15) is 19.0 Å². The van der Waals surface area contributed by atoms with Crippen LogP contribution in [0.1, 0.15) is 38.7 Å². The molecular formula is C34H32N4O6. The Bertz CT molecular complexity index is 1800. The lowest BCUT2D eigenvalue weighted by Crippen LogP contribution is -2.47. The van der Waals surface area contributed by atoms with Gasteiger partial charge in [-0.2, -0.15) is 0 Å². The molecule has 3 aliphatic heterocycles. The van der Waals surface area contributed by atoms with Gasteiger partial charge in [0.15, 0.2) is 11.5 Å². The first-order valence-corrected chi connectivity index (χ1v) is 14.7. The van der Waals surface area contributed by atoms with E-state index in [4.69, 9.17) is 14.2 Å². The molecular weight excluding hydrogens is 560 g/mol. The second-order valence-corrected chi connectivity index (χ2v) is 11.3. The highest BCUT2D eigenvalue weighted by Crippen LogP contribution is 2.40. The van der Waals surface area contributed by atoms with Crippen LogP contribution in [0, 0.1) is 5.92 Å². The number of hydrogen-bond acceptors (Lipinski definition) is 7. The summed E-state index contributed by atoms with van der Waals surface area (Å²) in [6.45, 7) is 3.01. The van der Waals surface area contributed by atoms with E-state index in [0.717, 1.165) is 24.3 Å². The lowest BCUT2D eigenvalue weighted by atomic mass is 9.83. The number of fused-ring (bicyclic) bond motifs is 5. The zero-order valence-electron chi connectivity index (χ0n) is 24.2. The zero-order chi connectivity index (χ0) is 30.2. The molecule has 2 unspecified atom stereocenters. The molecule has 0 aliphatic carbocycles. The Hall–Kier alpha value is -5.25. The van der Waals surface area contributed by atoms with E-state index < -0.39 is 0 Å². The smallest absolute Gasteiger partial charge is 0.255 e. The second kappa shape index (κ2) is 11.4. The van der Waals surface area contributed by atoms with Crippen molar-refractivity contribution < 1.29 is 23.8 Å². The minimum Gasteiger partial charge on any atom is -0.497 e. The minimum atomic E-state index is -0.322. The SMILES string of the molecule is COc1ccc(C(=O)Nc2cc(C(=O)Nc3ccc4c(c3)OCCO4)ccc2N2CC3CC(C2)c2cccc(=O)n2C3)cc1. The second-order valence-electron chi connectivity index (χ2n) is 11.3. The third-order valence-electron chi connectivity index (χ3n) is 8.48. The monoisotopic (exact) mass is 592 g/mol. The summed E-state index contributed by atoms with van der Waals surface area (Å²) in [6, 6.07) is 23.0. The number of nitrogens with zero attached hydrogens (tertiary/aromatic N) is 2. The molecule has 0 saturated carbocycles. The largest absolute Gasteiger partial charge is 0.497 e. The first kappa shape index (κ1) is 27.6. The van der Waals surface area contributed by atoms with Gasteiger partial charge in [-0.1, -0.05) is 6.07 Å². The molecule has 224 valence electrons. The summed E-state index contributed by atoms with van der Waals surface area (Å²) in [5, 5.41) is 6.00. The number of carbonyl (C=O) groups is 2. The van der Waals surface area contributed by atoms with Crippen LogP contribution in [0.15, 0.2) is 83.7 Å². The molecule has 1 saturated heterocycles. The molecule has 2 N–H and O–H groups in total. The van der Waals surface area contributed by atoms with Crippen LogP contribution in [0.2, 0.25) is 0 Å². The minimum absolute atomic E-state index is 0.0338. The number of hydrogen-bond donors (Lipinski definition) is 2. The Morgan fingerprint density at radius 3 is 2.41 bits per heavy atom. The number of methoxy groups -OCH3 is 1. The molecule has 0 spiro atoms. The van der Waals surface area contributed by atoms with Crippen LogP contribution < -0.4 is 35.3 Å². The van der Waals surface area contributed by atoms with Crippen molar-refractivity contribution in [1.29, 1.82) is 0 Å². The fourth-order valence-electron chi connectivity index (χ4n) is 6.41. The van der Waals surface area contributed by atoms with E-state index in [1.807, 2.05) is 22.8 Å². The number of pyridine rings is 1. The van der Waals surface area contributed by atoms with Gasteiger partial charge in [-0.25, -0.2) is 0 Å². The topological polar surface area (TPSA) is 111 Å². The molecule has 2 atom stereocenters. The van der Waals surface area contributed by atoms with Crippen LogP contribution in [-0.2, 0) is 6.54 Å². The maximum absolute atomic E-state index is 13.4. The van der Waals surface area contributed by atoms with Crippen LogP contribution in [0.4, 0.5) is 17.1 Å².